The van der Waals surface area contributed by atoms with Gasteiger partial charge in [0.1, 0.15) is 12.3 Å². The van der Waals surface area contributed by atoms with E-state index in [1.165, 1.54) is 6.07 Å². The van der Waals surface area contributed by atoms with Crippen molar-refractivity contribution >= 4 is 17.3 Å². The Hall–Kier alpha value is -2.93. The molecule has 27 heavy (non-hydrogen) atoms. The highest BCUT2D eigenvalue weighted by molar-refractivity contribution is 5.91. The van der Waals surface area contributed by atoms with Crippen molar-refractivity contribution in [2.24, 2.45) is 0 Å². The zero-order chi connectivity index (χ0) is 19.6. The minimum Gasteiger partial charge on any atom is -0.457 e. The number of nitro benzene ring substituents is 1. The number of nitrogens with zero attached hydrogens (tertiary/aromatic N) is 2. The van der Waals surface area contributed by atoms with Crippen molar-refractivity contribution < 1.29 is 14.5 Å². The molecule has 0 aliphatic carbocycles. The van der Waals surface area contributed by atoms with Gasteiger partial charge in [0.25, 0.3) is 5.69 Å². The summed E-state index contributed by atoms with van der Waals surface area (Å²) in [7, 11) is 0. The lowest BCUT2D eigenvalue weighted by Crippen LogP contribution is -2.28. The predicted molar refractivity (Wildman–Crippen MR) is 105 cm³/mol. The fourth-order valence-corrected chi connectivity index (χ4v) is 2.65. The molecule has 144 valence electrons. The molecule has 0 amide bonds. The molecule has 0 saturated heterocycles. The van der Waals surface area contributed by atoms with Crippen LogP contribution >= 0.6 is 0 Å². The average Bonchev–Trinajstić information content (AvgIpc) is 2.70. The number of benzene rings is 2. The number of nitrogens with one attached hydrogen (secondary N) is 1. The number of anilines is 1. The number of esters is 1. The number of rotatable bonds is 10. The summed E-state index contributed by atoms with van der Waals surface area (Å²) in [5.41, 5.74) is 1.28. The number of carbonyl (C=O) groups excluding carboxylic acids is 1. The van der Waals surface area contributed by atoms with E-state index in [1.54, 1.807) is 12.1 Å². The summed E-state index contributed by atoms with van der Waals surface area (Å²) in [4.78, 5) is 25.3. The van der Waals surface area contributed by atoms with E-state index in [0.29, 0.717) is 12.2 Å². The Labute approximate surface area is 159 Å². The number of hydrogen-bond acceptors (Lipinski definition) is 6. The van der Waals surface area contributed by atoms with Crippen LogP contribution in [0.5, 0.6) is 0 Å². The first-order chi connectivity index (χ1) is 13.0. The molecule has 0 heterocycles. The monoisotopic (exact) mass is 371 g/mol. The summed E-state index contributed by atoms with van der Waals surface area (Å²) in [5.74, 6) is -0.586. The molecule has 2 aromatic carbocycles. The van der Waals surface area contributed by atoms with E-state index in [4.69, 9.17) is 4.74 Å². The second-order valence-electron chi connectivity index (χ2n) is 6.00. The Kier molecular flexibility index (Phi) is 7.76. The number of hydrogen-bond donors (Lipinski definition) is 1. The molecule has 0 aliphatic heterocycles. The summed E-state index contributed by atoms with van der Waals surface area (Å²) in [6.45, 7) is 7.48. The lowest BCUT2D eigenvalue weighted by atomic mass is 10.1. The van der Waals surface area contributed by atoms with Gasteiger partial charge in [0, 0.05) is 19.2 Å². The molecule has 7 nitrogen and oxygen atoms in total. The summed E-state index contributed by atoms with van der Waals surface area (Å²) in [5, 5.41) is 14.5. The zero-order valence-corrected chi connectivity index (χ0v) is 15.7. The molecule has 2 aromatic rings. The Morgan fingerprint density at radius 1 is 1.15 bits per heavy atom. The van der Waals surface area contributed by atoms with Crippen LogP contribution in [0.4, 0.5) is 11.4 Å². The largest absolute Gasteiger partial charge is 0.457 e. The van der Waals surface area contributed by atoms with Crippen LogP contribution < -0.4 is 5.32 Å². The molecule has 0 spiro atoms. The number of likely N-dealkylation sites (N-methyl/N-ethyl adjacent to an activating group) is 1. The third-order valence-corrected chi connectivity index (χ3v) is 4.28. The van der Waals surface area contributed by atoms with Gasteiger partial charge in [0.2, 0.25) is 0 Å². The second-order valence-corrected chi connectivity index (χ2v) is 6.00. The van der Waals surface area contributed by atoms with Gasteiger partial charge >= 0.3 is 5.97 Å². The van der Waals surface area contributed by atoms with Crippen LogP contribution in [0.3, 0.4) is 0 Å². The Balaban J connectivity index is 2.03. The Bertz CT molecular complexity index is 761. The molecular formula is C20H25N3O4. The Morgan fingerprint density at radius 2 is 1.85 bits per heavy atom. The van der Waals surface area contributed by atoms with Gasteiger partial charge in [-0.3, -0.25) is 10.1 Å². The van der Waals surface area contributed by atoms with E-state index in [-0.39, 0.29) is 17.9 Å². The maximum absolute atomic E-state index is 12.2. The van der Waals surface area contributed by atoms with Crippen LogP contribution in [-0.2, 0) is 11.3 Å². The fraction of sp³-hybridized carbons (Fsp3) is 0.350. The first-order valence-electron chi connectivity index (χ1n) is 9.00. The minimum absolute atomic E-state index is 0.122. The van der Waals surface area contributed by atoms with Crippen LogP contribution in [0.15, 0.2) is 48.5 Å². The van der Waals surface area contributed by atoms with E-state index < -0.39 is 10.9 Å². The van der Waals surface area contributed by atoms with E-state index in [0.717, 1.165) is 25.2 Å². The van der Waals surface area contributed by atoms with Crippen molar-refractivity contribution in [3.8, 4) is 0 Å². The molecule has 0 fully saturated rings. The van der Waals surface area contributed by atoms with Crippen molar-refractivity contribution in [1.82, 2.24) is 4.90 Å². The predicted octanol–water partition coefficient (Wildman–Crippen LogP) is 3.71. The van der Waals surface area contributed by atoms with Crippen molar-refractivity contribution in [1.29, 1.82) is 0 Å². The highest BCUT2D eigenvalue weighted by Gasteiger charge is 2.18. The van der Waals surface area contributed by atoms with E-state index >= 15 is 0 Å². The summed E-state index contributed by atoms with van der Waals surface area (Å²) < 4.78 is 5.24. The molecule has 0 aliphatic rings. The van der Waals surface area contributed by atoms with E-state index in [9.17, 15) is 14.9 Å². The van der Waals surface area contributed by atoms with Crippen LogP contribution in [0, 0.1) is 10.1 Å². The summed E-state index contributed by atoms with van der Waals surface area (Å²) >= 11 is 0. The third kappa shape index (κ3) is 6.07. The van der Waals surface area contributed by atoms with Crippen LogP contribution in [0.1, 0.15) is 29.8 Å². The van der Waals surface area contributed by atoms with Gasteiger partial charge in [-0.25, -0.2) is 4.79 Å². The number of nitro groups is 1. The van der Waals surface area contributed by atoms with E-state index in [1.807, 2.05) is 30.3 Å². The van der Waals surface area contributed by atoms with E-state index in [2.05, 4.69) is 24.1 Å². The number of ether oxygens (including phenoxy) is 1. The molecule has 1 N–H and O–H groups in total. The maximum Gasteiger partial charge on any atom is 0.338 e. The van der Waals surface area contributed by atoms with Crippen molar-refractivity contribution in [2.75, 3.05) is 31.5 Å². The quantitative estimate of drug-likeness (QED) is 0.389. The number of carbonyl (C=O) groups is 1. The molecule has 0 saturated carbocycles. The van der Waals surface area contributed by atoms with Gasteiger partial charge in [0.05, 0.1) is 10.5 Å². The van der Waals surface area contributed by atoms with Gasteiger partial charge in [-0.05, 0) is 30.8 Å². The molecule has 0 radical (unpaired) electrons. The Morgan fingerprint density at radius 3 is 2.48 bits per heavy atom. The lowest BCUT2D eigenvalue weighted by Gasteiger charge is -2.18. The second kappa shape index (κ2) is 10.3. The molecule has 0 bridgehead atoms. The standard InChI is InChI=1S/C20H25N3O4/c1-3-22(4-2)13-12-21-18-11-10-17(14-19(18)23(25)26)20(24)27-15-16-8-6-5-7-9-16/h5-11,14,21H,3-4,12-13,15H2,1-2H3. The van der Waals surface area contributed by atoms with Gasteiger partial charge in [-0.2, -0.15) is 0 Å². The zero-order valence-electron chi connectivity index (χ0n) is 15.7. The van der Waals surface area contributed by atoms with Crippen LogP contribution in [0.2, 0.25) is 0 Å². The first-order valence-corrected chi connectivity index (χ1v) is 9.00. The maximum atomic E-state index is 12.2. The summed E-state index contributed by atoms with van der Waals surface area (Å²) in [6, 6.07) is 13.6. The first kappa shape index (κ1) is 20.4. The molecule has 0 unspecified atom stereocenters. The lowest BCUT2D eigenvalue weighted by molar-refractivity contribution is -0.384. The third-order valence-electron chi connectivity index (χ3n) is 4.28. The SMILES string of the molecule is CCN(CC)CCNc1ccc(C(=O)OCc2ccccc2)cc1[N+](=O)[O-]. The normalized spacial score (nSPS) is 10.6. The van der Waals surface area contributed by atoms with Crippen LogP contribution in [0.25, 0.3) is 0 Å². The smallest absolute Gasteiger partial charge is 0.338 e. The average molecular weight is 371 g/mol. The van der Waals surface area contributed by atoms with Crippen molar-refractivity contribution in [3.05, 3.63) is 69.8 Å². The van der Waals surface area contributed by atoms with Gasteiger partial charge in [-0.15, -0.1) is 0 Å². The molecule has 0 atom stereocenters. The topological polar surface area (TPSA) is 84.7 Å². The molecule has 2 rings (SSSR count). The molecule has 7 heteroatoms. The van der Waals surface area contributed by atoms with Crippen molar-refractivity contribution in [2.45, 2.75) is 20.5 Å². The highest BCUT2D eigenvalue weighted by Crippen LogP contribution is 2.26. The highest BCUT2D eigenvalue weighted by atomic mass is 16.6. The van der Waals surface area contributed by atoms with Gasteiger partial charge in [0.15, 0.2) is 0 Å². The molecular weight excluding hydrogens is 346 g/mol. The van der Waals surface area contributed by atoms with Gasteiger partial charge in [-0.1, -0.05) is 44.2 Å². The molecule has 0 aromatic heterocycles. The summed E-state index contributed by atoms with van der Waals surface area (Å²) in [6.07, 6.45) is 0. The van der Waals surface area contributed by atoms with Crippen molar-refractivity contribution in [3.63, 3.8) is 0 Å². The minimum atomic E-state index is -0.586. The van der Waals surface area contributed by atoms with Gasteiger partial charge < -0.3 is 15.0 Å². The van der Waals surface area contributed by atoms with Crippen LogP contribution in [-0.4, -0.2) is 42.0 Å². The fourth-order valence-electron chi connectivity index (χ4n) is 2.65.